The quantitative estimate of drug-likeness (QED) is 0.758. The second-order valence-electron chi connectivity index (χ2n) is 4.93. The highest BCUT2D eigenvalue weighted by molar-refractivity contribution is 5.41. The SMILES string of the molecule is Cc1cc(F)c(-n2c(=O)cc(C(F)(F)F)n(C)c2=O)cc1C. The first kappa shape index (κ1) is 16.0. The number of nitrogens with zero attached hydrogens (tertiary/aromatic N) is 2. The summed E-state index contributed by atoms with van der Waals surface area (Å²) in [5.74, 6) is -0.859. The van der Waals surface area contributed by atoms with Crippen molar-refractivity contribution in [1.82, 2.24) is 9.13 Å². The van der Waals surface area contributed by atoms with Gasteiger partial charge in [-0.15, -0.1) is 0 Å². The summed E-state index contributed by atoms with van der Waals surface area (Å²) in [6.45, 7) is 3.27. The van der Waals surface area contributed by atoms with Gasteiger partial charge in [-0.25, -0.2) is 13.8 Å². The first-order valence-electron chi connectivity index (χ1n) is 6.21. The molecule has 0 aliphatic carbocycles. The predicted molar refractivity (Wildman–Crippen MR) is 71.7 cm³/mol. The Labute approximate surface area is 122 Å². The molecule has 0 unspecified atom stereocenters. The molecule has 1 aromatic heterocycles. The van der Waals surface area contributed by atoms with Crippen LogP contribution in [0.2, 0.25) is 0 Å². The number of benzene rings is 1. The Morgan fingerprint density at radius 1 is 1.00 bits per heavy atom. The Hall–Kier alpha value is -2.38. The van der Waals surface area contributed by atoms with Gasteiger partial charge in [0.1, 0.15) is 11.5 Å². The second kappa shape index (κ2) is 5.11. The van der Waals surface area contributed by atoms with Crippen LogP contribution >= 0.6 is 0 Å². The number of aryl methyl sites for hydroxylation is 2. The van der Waals surface area contributed by atoms with Crippen LogP contribution in [0.4, 0.5) is 17.6 Å². The third kappa shape index (κ3) is 2.56. The van der Waals surface area contributed by atoms with E-state index in [0.29, 0.717) is 15.7 Å². The van der Waals surface area contributed by atoms with Crippen LogP contribution in [0.3, 0.4) is 0 Å². The second-order valence-corrected chi connectivity index (χ2v) is 4.93. The molecular weight excluding hydrogens is 304 g/mol. The molecule has 0 aliphatic rings. The molecule has 0 fully saturated rings. The maximum atomic E-state index is 14.0. The van der Waals surface area contributed by atoms with Crippen LogP contribution in [-0.4, -0.2) is 9.13 Å². The Kier molecular flexibility index (Phi) is 3.72. The van der Waals surface area contributed by atoms with E-state index in [1.807, 2.05) is 0 Å². The molecule has 118 valence electrons. The summed E-state index contributed by atoms with van der Waals surface area (Å²) in [6, 6.07) is 2.64. The molecule has 22 heavy (non-hydrogen) atoms. The molecule has 0 radical (unpaired) electrons. The summed E-state index contributed by atoms with van der Waals surface area (Å²) in [7, 11) is 0.875. The van der Waals surface area contributed by atoms with Crippen LogP contribution in [0.15, 0.2) is 27.8 Å². The van der Waals surface area contributed by atoms with Crippen LogP contribution in [0.1, 0.15) is 16.8 Å². The molecule has 0 N–H and O–H groups in total. The lowest BCUT2D eigenvalue weighted by atomic mass is 10.1. The zero-order valence-electron chi connectivity index (χ0n) is 12.0. The molecule has 2 aromatic rings. The fourth-order valence-corrected chi connectivity index (χ4v) is 2.06. The van der Waals surface area contributed by atoms with Gasteiger partial charge in [-0.1, -0.05) is 0 Å². The van der Waals surface area contributed by atoms with Gasteiger partial charge in [0, 0.05) is 13.1 Å². The molecule has 0 atom stereocenters. The number of hydrogen-bond acceptors (Lipinski definition) is 2. The summed E-state index contributed by atoms with van der Waals surface area (Å²) < 4.78 is 52.9. The van der Waals surface area contributed by atoms with Crippen LogP contribution in [0, 0.1) is 19.7 Å². The van der Waals surface area contributed by atoms with Crippen LogP contribution in [0.5, 0.6) is 0 Å². The number of alkyl halides is 3. The van der Waals surface area contributed by atoms with E-state index < -0.39 is 28.9 Å². The molecule has 8 heteroatoms. The van der Waals surface area contributed by atoms with E-state index in [9.17, 15) is 27.2 Å². The molecule has 1 heterocycles. The molecule has 4 nitrogen and oxygen atoms in total. The van der Waals surface area contributed by atoms with Crippen LogP contribution in [-0.2, 0) is 13.2 Å². The molecule has 0 spiro atoms. The van der Waals surface area contributed by atoms with Gasteiger partial charge in [0.05, 0.1) is 5.69 Å². The van der Waals surface area contributed by atoms with Crippen LogP contribution < -0.4 is 11.2 Å². The lowest BCUT2D eigenvalue weighted by molar-refractivity contribution is -0.144. The van der Waals surface area contributed by atoms with Gasteiger partial charge >= 0.3 is 11.9 Å². The van der Waals surface area contributed by atoms with E-state index in [1.165, 1.54) is 6.07 Å². The van der Waals surface area contributed by atoms with Gasteiger partial charge in [0.25, 0.3) is 5.56 Å². The topological polar surface area (TPSA) is 44.0 Å². The van der Waals surface area contributed by atoms with Crippen molar-refractivity contribution < 1.29 is 17.6 Å². The zero-order chi connectivity index (χ0) is 16.8. The molecule has 2 rings (SSSR count). The highest BCUT2D eigenvalue weighted by Gasteiger charge is 2.35. The third-order valence-electron chi connectivity index (χ3n) is 3.41. The van der Waals surface area contributed by atoms with Crippen molar-refractivity contribution >= 4 is 0 Å². The molecule has 0 saturated heterocycles. The van der Waals surface area contributed by atoms with Gasteiger partial charge < -0.3 is 0 Å². The van der Waals surface area contributed by atoms with Gasteiger partial charge in [-0.05, 0) is 37.1 Å². The van der Waals surface area contributed by atoms with Crippen LogP contribution in [0.25, 0.3) is 5.69 Å². The number of hydrogen-bond donors (Lipinski definition) is 0. The van der Waals surface area contributed by atoms with Crippen molar-refractivity contribution in [3.05, 3.63) is 61.7 Å². The van der Waals surface area contributed by atoms with Gasteiger partial charge in [0.15, 0.2) is 0 Å². The molecular formula is C14H12F4N2O2. The maximum Gasteiger partial charge on any atom is 0.431 e. The molecule has 0 amide bonds. The summed E-state index contributed by atoms with van der Waals surface area (Å²) in [4.78, 5) is 24.0. The lowest BCUT2D eigenvalue weighted by Gasteiger charge is -2.15. The van der Waals surface area contributed by atoms with E-state index in [1.54, 1.807) is 13.8 Å². The fraction of sp³-hybridized carbons (Fsp3) is 0.286. The van der Waals surface area contributed by atoms with Gasteiger partial charge in [-0.2, -0.15) is 13.2 Å². The van der Waals surface area contributed by atoms with Crippen molar-refractivity contribution in [2.24, 2.45) is 7.05 Å². The largest absolute Gasteiger partial charge is 0.431 e. The minimum atomic E-state index is -4.85. The summed E-state index contributed by atoms with van der Waals surface area (Å²) in [6.07, 6.45) is -4.85. The minimum absolute atomic E-state index is 0.274. The zero-order valence-corrected chi connectivity index (χ0v) is 12.0. The Balaban J connectivity index is 2.85. The van der Waals surface area contributed by atoms with E-state index in [0.717, 1.165) is 13.1 Å². The maximum absolute atomic E-state index is 14.0. The molecule has 0 aliphatic heterocycles. The highest BCUT2D eigenvalue weighted by Crippen LogP contribution is 2.27. The lowest BCUT2D eigenvalue weighted by Crippen LogP contribution is -2.41. The first-order chi connectivity index (χ1) is 10.0. The molecule has 1 aromatic carbocycles. The average Bonchev–Trinajstić information content (AvgIpc) is 2.38. The van der Waals surface area contributed by atoms with E-state index >= 15 is 0 Å². The van der Waals surface area contributed by atoms with Crippen molar-refractivity contribution in [2.75, 3.05) is 0 Å². The smallest absolute Gasteiger partial charge is 0.292 e. The first-order valence-corrected chi connectivity index (χ1v) is 6.21. The van der Waals surface area contributed by atoms with Crippen molar-refractivity contribution in [2.45, 2.75) is 20.0 Å². The third-order valence-corrected chi connectivity index (χ3v) is 3.41. The number of rotatable bonds is 1. The Morgan fingerprint density at radius 2 is 1.55 bits per heavy atom. The van der Waals surface area contributed by atoms with E-state index in [2.05, 4.69) is 0 Å². The molecule has 0 saturated carbocycles. The standard InChI is InChI=1S/C14H12F4N2O2/c1-7-4-9(15)10(5-8(7)2)20-12(21)6-11(14(16,17)18)19(3)13(20)22/h4-6H,1-3H3. The monoisotopic (exact) mass is 316 g/mol. The summed E-state index contributed by atoms with van der Waals surface area (Å²) in [5.41, 5.74) is -3.06. The summed E-state index contributed by atoms with van der Waals surface area (Å²) >= 11 is 0. The Bertz CT molecular complexity index is 863. The highest BCUT2D eigenvalue weighted by atomic mass is 19.4. The van der Waals surface area contributed by atoms with Gasteiger partial charge in [0.2, 0.25) is 0 Å². The number of aromatic nitrogens is 2. The van der Waals surface area contributed by atoms with Crippen molar-refractivity contribution in [3.63, 3.8) is 0 Å². The Morgan fingerprint density at radius 3 is 2.09 bits per heavy atom. The minimum Gasteiger partial charge on any atom is -0.292 e. The van der Waals surface area contributed by atoms with Crippen molar-refractivity contribution in [1.29, 1.82) is 0 Å². The summed E-state index contributed by atoms with van der Waals surface area (Å²) in [5, 5.41) is 0. The van der Waals surface area contributed by atoms with Gasteiger partial charge in [-0.3, -0.25) is 9.36 Å². The number of halogens is 4. The normalized spacial score (nSPS) is 11.8. The van der Waals surface area contributed by atoms with E-state index in [-0.39, 0.29) is 16.3 Å². The van der Waals surface area contributed by atoms with E-state index in [4.69, 9.17) is 0 Å². The molecule has 0 bridgehead atoms. The predicted octanol–water partition coefficient (Wildman–Crippen LogP) is 2.31. The average molecular weight is 316 g/mol. The van der Waals surface area contributed by atoms with Crippen molar-refractivity contribution in [3.8, 4) is 5.69 Å². The fourth-order valence-electron chi connectivity index (χ4n) is 2.06.